The number of rotatable bonds is 3. The number of benzene rings is 7. The minimum Gasteiger partial charge on any atom is -0.456 e. The van der Waals surface area contributed by atoms with Gasteiger partial charge in [0.25, 0.3) is 0 Å². The molecule has 192 valence electrons. The van der Waals surface area contributed by atoms with Crippen LogP contribution < -0.4 is 4.90 Å². The molecule has 0 aliphatic carbocycles. The number of furan rings is 2. The van der Waals surface area contributed by atoms with E-state index < -0.39 is 0 Å². The second-order valence-electron chi connectivity index (χ2n) is 10.5. The predicted molar refractivity (Wildman–Crippen MR) is 171 cm³/mol. The molecule has 0 unspecified atom stereocenters. The third-order valence-corrected chi connectivity index (χ3v) is 8.23. The highest BCUT2D eigenvalue weighted by atomic mass is 16.3. The Hall–Kier alpha value is -5.54. The summed E-state index contributed by atoms with van der Waals surface area (Å²) >= 11 is 0. The van der Waals surface area contributed by atoms with Gasteiger partial charge in [0, 0.05) is 16.5 Å². The van der Waals surface area contributed by atoms with Crippen molar-refractivity contribution in [3.63, 3.8) is 0 Å². The number of hydrogen-bond acceptors (Lipinski definition) is 3. The first-order valence-electron chi connectivity index (χ1n) is 13.9. The van der Waals surface area contributed by atoms with Crippen LogP contribution in [0.5, 0.6) is 0 Å². The first-order chi connectivity index (χ1) is 20.3. The van der Waals surface area contributed by atoms with Gasteiger partial charge in [-0.15, -0.1) is 0 Å². The Morgan fingerprint density at radius 3 is 1.49 bits per heavy atom. The maximum Gasteiger partial charge on any atom is 0.137 e. The quantitative estimate of drug-likeness (QED) is 0.215. The molecule has 0 saturated carbocycles. The van der Waals surface area contributed by atoms with Crippen LogP contribution in [-0.2, 0) is 0 Å². The number of anilines is 3. The third-order valence-electron chi connectivity index (χ3n) is 8.23. The van der Waals surface area contributed by atoms with E-state index in [0.29, 0.717) is 0 Å². The lowest BCUT2D eigenvalue weighted by molar-refractivity contribution is 0.668. The molecule has 0 radical (unpaired) electrons. The fourth-order valence-corrected chi connectivity index (χ4v) is 6.42. The normalized spacial score (nSPS) is 11.9. The van der Waals surface area contributed by atoms with Crippen LogP contribution in [0.1, 0.15) is 0 Å². The topological polar surface area (TPSA) is 29.5 Å². The van der Waals surface area contributed by atoms with Gasteiger partial charge in [0.2, 0.25) is 0 Å². The summed E-state index contributed by atoms with van der Waals surface area (Å²) in [7, 11) is 0. The second-order valence-corrected chi connectivity index (χ2v) is 10.5. The molecule has 2 heterocycles. The van der Waals surface area contributed by atoms with E-state index in [-0.39, 0.29) is 0 Å². The molecule has 7 aromatic carbocycles. The summed E-state index contributed by atoms with van der Waals surface area (Å²) in [5.41, 5.74) is 6.69. The van der Waals surface area contributed by atoms with Gasteiger partial charge in [-0.25, -0.2) is 0 Å². The minimum atomic E-state index is 0.865. The Morgan fingerprint density at radius 1 is 0.366 bits per heavy atom. The van der Waals surface area contributed by atoms with Crippen LogP contribution in [0.4, 0.5) is 17.1 Å². The molecule has 0 amide bonds. The molecule has 9 rings (SSSR count). The molecule has 3 nitrogen and oxygen atoms in total. The number of hydrogen-bond donors (Lipinski definition) is 0. The molecule has 0 aliphatic heterocycles. The van der Waals surface area contributed by atoms with E-state index in [1.807, 2.05) is 24.3 Å². The van der Waals surface area contributed by atoms with Crippen molar-refractivity contribution in [3.8, 4) is 0 Å². The summed E-state index contributed by atoms with van der Waals surface area (Å²) in [4.78, 5) is 2.37. The summed E-state index contributed by atoms with van der Waals surface area (Å²) in [6.45, 7) is 0. The SMILES string of the molecule is c1ccc2c(c1)ccc1ccc(N(c3cccc4oc5ccccc5c34)c3cccc4oc5ccccc5c34)cc12. The molecule has 0 spiro atoms. The summed E-state index contributed by atoms with van der Waals surface area (Å²) < 4.78 is 12.7. The van der Waals surface area contributed by atoms with Gasteiger partial charge in [-0.05, 0) is 70.1 Å². The van der Waals surface area contributed by atoms with Crippen LogP contribution in [0.15, 0.2) is 148 Å². The molecule has 0 aliphatic rings. The summed E-state index contributed by atoms with van der Waals surface area (Å²) in [5.74, 6) is 0. The lowest BCUT2D eigenvalue weighted by atomic mass is 10.00. The zero-order chi connectivity index (χ0) is 26.9. The lowest BCUT2D eigenvalue weighted by Crippen LogP contribution is -2.10. The average Bonchev–Trinajstić information content (AvgIpc) is 3.60. The summed E-state index contributed by atoms with van der Waals surface area (Å²) in [6, 6.07) is 49.0. The number of nitrogens with zero attached hydrogens (tertiary/aromatic N) is 1. The van der Waals surface area contributed by atoms with Crippen molar-refractivity contribution in [2.45, 2.75) is 0 Å². The van der Waals surface area contributed by atoms with E-state index in [0.717, 1.165) is 60.9 Å². The molecule has 0 fully saturated rings. The standard InChI is InChI=1S/C38H23NO2/c1-2-10-27-24(9-1)19-20-25-21-22-26(23-30(25)27)39(31-13-7-17-35-37(31)28-11-3-5-15-33(28)40-35)32-14-8-18-36-38(32)29-12-4-6-16-34(29)41-36/h1-23H. The molecular weight excluding hydrogens is 502 g/mol. The average molecular weight is 526 g/mol. The van der Waals surface area contributed by atoms with Crippen LogP contribution in [-0.4, -0.2) is 0 Å². The van der Waals surface area contributed by atoms with Crippen molar-refractivity contribution in [2.24, 2.45) is 0 Å². The molecule has 9 aromatic rings. The van der Waals surface area contributed by atoms with Gasteiger partial charge < -0.3 is 13.7 Å². The Labute approximate surface area is 235 Å². The van der Waals surface area contributed by atoms with Crippen molar-refractivity contribution < 1.29 is 8.83 Å². The van der Waals surface area contributed by atoms with Gasteiger partial charge >= 0.3 is 0 Å². The van der Waals surface area contributed by atoms with E-state index >= 15 is 0 Å². The molecule has 2 aromatic heterocycles. The zero-order valence-electron chi connectivity index (χ0n) is 22.0. The highest BCUT2D eigenvalue weighted by Crippen LogP contribution is 2.47. The second kappa shape index (κ2) is 8.48. The van der Waals surface area contributed by atoms with Crippen LogP contribution in [0.2, 0.25) is 0 Å². The summed E-state index contributed by atoms with van der Waals surface area (Å²) in [6.07, 6.45) is 0. The Morgan fingerprint density at radius 2 is 0.854 bits per heavy atom. The van der Waals surface area contributed by atoms with E-state index in [1.165, 1.54) is 21.5 Å². The molecule has 0 N–H and O–H groups in total. The first kappa shape index (κ1) is 22.3. The van der Waals surface area contributed by atoms with Gasteiger partial charge in [0.15, 0.2) is 0 Å². The predicted octanol–water partition coefficient (Wildman–Crippen LogP) is 11.3. The van der Waals surface area contributed by atoms with Gasteiger partial charge in [-0.1, -0.05) is 91.0 Å². The molecular formula is C38H23NO2. The fraction of sp³-hybridized carbons (Fsp3) is 0. The largest absolute Gasteiger partial charge is 0.456 e. The van der Waals surface area contributed by atoms with E-state index in [2.05, 4.69) is 120 Å². The zero-order valence-corrected chi connectivity index (χ0v) is 22.0. The third kappa shape index (κ3) is 3.26. The van der Waals surface area contributed by atoms with Crippen LogP contribution in [0.3, 0.4) is 0 Å². The van der Waals surface area contributed by atoms with Crippen molar-refractivity contribution in [3.05, 3.63) is 140 Å². The van der Waals surface area contributed by atoms with E-state index in [4.69, 9.17) is 8.83 Å². The smallest absolute Gasteiger partial charge is 0.137 e. The fourth-order valence-electron chi connectivity index (χ4n) is 6.42. The maximum atomic E-state index is 6.34. The molecule has 0 saturated heterocycles. The van der Waals surface area contributed by atoms with E-state index in [9.17, 15) is 0 Å². The van der Waals surface area contributed by atoms with Gasteiger partial charge in [-0.3, -0.25) is 0 Å². The highest BCUT2D eigenvalue weighted by molar-refractivity contribution is 6.18. The van der Waals surface area contributed by atoms with Crippen molar-refractivity contribution >= 4 is 82.5 Å². The molecule has 3 heteroatoms. The minimum absolute atomic E-state index is 0.865. The molecule has 41 heavy (non-hydrogen) atoms. The van der Waals surface area contributed by atoms with Crippen LogP contribution in [0, 0.1) is 0 Å². The van der Waals surface area contributed by atoms with Crippen molar-refractivity contribution in [1.29, 1.82) is 0 Å². The van der Waals surface area contributed by atoms with Gasteiger partial charge in [0.1, 0.15) is 22.3 Å². The molecule has 0 atom stereocenters. The van der Waals surface area contributed by atoms with Crippen LogP contribution in [0.25, 0.3) is 65.4 Å². The van der Waals surface area contributed by atoms with Crippen LogP contribution >= 0.6 is 0 Å². The van der Waals surface area contributed by atoms with Crippen molar-refractivity contribution in [1.82, 2.24) is 0 Å². The lowest BCUT2D eigenvalue weighted by Gasteiger charge is -2.27. The monoisotopic (exact) mass is 525 g/mol. The van der Waals surface area contributed by atoms with Gasteiger partial charge in [0.05, 0.1) is 22.1 Å². The Balaban J connectivity index is 1.43. The maximum absolute atomic E-state index is 6.34. The Kier molecular flexibility index (Phi) is 4.61. The highest BCUT2D eigenvalue weighted by Gasteiger charge is 2.23. The van der Waals surface area contributed by atoms with Gasteiger partial charge in [-0.2, -0.15) is 0 Å². The van der Waals surface area contributed by atoms with Crippen molar-refractivity contribution in [2.75, 3.05) is 4.90 Å². The summed E-state index contributed by atoms with van der Waals surface area (Å²) in [5, 5.41) is 9.28. The Bertz CT molecular complexity index is 2330. The number of fused-ring (bicyclic) bond motifs is 9. The molecule has 0 bridgehead atoms. The number of para-hydroxylation sites is 2. The first-order valence-corrected chi connectivity index (χ1v) is 13.9. The van der Waals surface area contributed by atoms with E-state index in [1.54, 1.807) is 0 Å².